The number of thiophene rings is 1. The molecule has 0 aromatic carbocycles. The topological polar surface area (TPSA) is 41.1 Å². The summed E-state index contributed by atoms with van der Waals surface area (Å²) < 4.78 is 0. The van der Waals surface area contributed by atoms with Gasteiger partial charge < -0.3 is 10.6 Å². The Morgan fingerprint density at radius 3 is 2.75 bits per heavy atom. The van der Waals surface area contributed by atoms with Gasteiger partial charge in [0.05, 0.1) is 6.54 Å². The minimum absolute atomic E-state index is 0.145. The molecular formula is C16H26N2OS. The maximum atomic E-state index is 11.9. The first kappa shape index (κ1) is 15.5. The second kappa shape index (κ2) is 7.79. The summed E-state index contributed by atoms with van der Waals surface area (Å²) in [7, 11) is 0. The van der Waals surface area contributed by atoms with Crippen LogP contribution in [0.4, 0.5) is 0 Å². The van der Waals surface area contributed by atoms with Gasteiger partial charge >= 0.3 is 0 Å². The normalized spacial score (nSPS) is 17.9. The van der Waals surface area contributed by atoms with Gasteiger partial charge in [-0.15, -0.1) is 11.3 Å². The van der Waals surface area contributed by atoms with Crippen LogP contribution in [0.5, 0.6) is 0 Å². The summed E-state index contributed by atoms with van der Waals surface area (Å²) in [6.45, 7) is 4.70. The second-order valence-electron chi connectivity index (χ2n) is 5.90. The minimum atomic E-state index is 0.145. The van der Waals surface area contributed by atoms with E-state index in [0.717, 1.165) is 19.3 Å². The molecule has 0 aliphatic heterocycles. The van der Waals surface area contributed by atoms with Crippen molar-refractivity contribution in [3.8, 4) is 0 Å². The summed E-state index contributed by atoms with van der Waals surface area (Å²) in [5.74, 6) is 0.145. The van der Waals surface area contributed by atoms with Crippen molar-refractivity contribution >= 4 is 17.2 Å². The molecule has 2 rings (SSSR count). The van der Waals surface area contributed by atoms with Crippen molar-refractivity contribution in [3.63, 3.8) is 0 Å². The fourth-order valence-corrected chi connectivity index (χ4v) is 3.78. The molecule has 0 saturated heterocycles. The maximum Gasteiger partial charge on any atom is 0.234 e. The van der Waals surface area contributed by atoms with Crippen molar-refractivity contribution in [2.75, 3.05) is 6.54 Å². The van der Waals surface area contributed by atoms with E-state index < -0.39 is 0 Å². The lowest BCUT2D eigenvalue weighted by Gasteiger charge is -2.23. The highest BCUT2D eigenvalue weighted by Crippen LogP contribution is 2.17. The second-order valence-corrected chi connectivity index (χ2v) is 7.27. The molecule has 20 heavy (non-hydrogen) atoms. The van der Waals surface area contributed by atoms with E-state index in [-0.39, 0.29) is 5.91 Å². The molecule has 1 amide bonds. The number of nitrogens with one attached hydrogen (secondary N) is 2. The van der Waals surface area contributed by atoms with Gasteiger partial charge in [-0.05, 0) is 45.2 Å². The van der Waals surface area contributed by atoms with Gasteiger partial charge in [0.1, 0.15) is 0 Å². The van der Waals surface area contributed by atoms with Crippen molar-refractivity contribution in [2.24, 2.45) is 0 Å². The first-order valence-electron chi connectivity index (χ1n) is 7.71. The zero-order chi connectivity index (χ0) is 14.4. The Hall–Kier alpha value is -0.870. The van der Waals surface area contributed by atoms with E-state index in [0.29, 0.717) is 18.6 Å². The van der Waals surface area contributed by atoms with Crippen LogP contribution >= 0.6 is 11.3 Å². The third kappa shape index (κ3) is 5.25. The van der Waals surface area contributed by atoms with E-state index in [4.69, 9.17) is 0 Å². The van der Waals surface area contributed by atoms with Gasteiger partial charge in [-0.1, -0.05) is 19.3 Å². The van der Waals surface area contributed by atoms with E-state index in [1.54, 1.807) is 0 Å². The van der Waals surface area contributed by atoms with Gasteiger partial charge in [0, 0.05) is 21.8 Å². The standard InChI is InChI=1S/C16H26N2OS/c1-12(10-15-9-8-13(2)20-15)17-11-16(19)18-14-6-4-3-5-7-14/h8-9,12,14,17H,3-7,10-11H2,1-2H3,(H,18,19). The van der Waals surface area contributed by atoms with Crippen LogP contribution < -0.4 is 10.6 Å². The molecule has 1 heterocycles. The molecule has 2 N–H and O–H groups in total. The fraction of sp³-hybridized carbons (Fsp3) is 0.688. The zero-order valence-electron chi connectivity index (χ0n) is 12.6. The average Bonchev–Trinajstić information content (AvgIpc) is 2.83. The zero-order valence-corrected chi connectivity index (χ0v) is 13.4. The minimum Gasteiger partial charge on any atom is -0.352 e. The van der Waals surface area contributed by atoms with E-state index >= 15 is 0 Å². The largest absolute Gasteiger partial charge is 0.352 e. The highest BCUT2D eigenvalue weighted by molar-refractivity contribution is 7.11. The average molecular weight is 294 g/mol. The predicted molar refractivity (Wildman–Crippen MR) is 85.2 cm³/mol. The van der Waals surface area contributed by atoms with Gasteiger partial charge in [0.15, 0.2) is 0 Å². The number of amides is 1. The lowest BCUT2D eigenvalue weighted by atomic mass is 9.95. The third-order valence-electron chi connectivity index (χ3n) is 3.88. The highest BCUT2D eigenvalue weighted by Gasteiger charge is 2.15. The van der Waals surface area contributed by atoms with Gasteiger partial charge in [0.2, 0.25) is 5.91 Å². The van der Waals surface area contributed by atoms with Crippen molar-refractivity contribution in [1.82, 2.24) is 10.6 Å². The third-order valence-corrected chi connectivity index (χ3v) is 4.91. The molecule has 1 saturated carbocycles. The first-order valence-corrected chi connectivity index (χ1v) is 8.53. The predicted octanol–water partition coefficient (Wildman–Crippen LogP) is 3.03. The van der Waals surface area contributed by atoms with Crippen LogP contribution in [0.1, 0.15) is 48.8 Å². The molecule has 1 aliphatic carbocycles. The SMILES string of the molecule is Cc1ccc(CC(C)NCC(=O)NC2CCCCC2)s1. The molecule has 1 atom stereocenters. The quantitative estimate of drug-likeness (QED) is 0.847. The van der Waals surface area contributed by atoms with Crippen molar-refractivity contribution in [2.45, 2.75) is 64.5 Å². The summed E-state index contributed by atoms with van der Waals surface area (Å²) in [4.78, 5) is 14.6. The van der Waals surface area contributed by atoms with E-state index in [1.165, 1.54) is 29.0 Å². The molecule has 1 aromatic rings. The van der Waals surface area contributed by atoms with Crippen LogP contribution in [0, 0.1) is 6.92 Å². The molecule has 3 nitrogen and oxygen atoms in total. The summed E-state index contributed by atoms with van der Waals surface area (Å²) in [6, 6.07) is 5.08. The Morgan fingerprint density at radius 1 is 1.35 bits per heavy atom. The lowest BCUT2D eigenvalue weighted by Crippen LogP contribution is -2.43. The smallest absolute Gasteiger partial charge is 0.234 e. The number of carbonyl (C=O) groups excluding carboxylic acids is 1. The molecule has 1 aromatic heterocycles. The monoisotopic (exact) mass is 294 g/mol. The van der Waals surface area contributed by atoms with Crippen LogP contribution in [0.2, 0.25) is 0 Å². The van der Waals surface area contributed by atoms with E-state index in [2.05, 4.69) is 36.6 Å². The Labute approximate surface area is 126 Å². The Morgan fingerprint density at radius 2 is 2.10 bits per heavy atom. The molecule has 4 heteroatoms. The van der Waals surface area contributed by atoms with Crippen LogP contribution in [0.3, 0.4) is 0 Å². The molecule has 112 valence electrons. The molecule has 0 radical (unpaired) electrons. The Balaban J connectivity index is 1.64. The van der Waals surface area contributed by atoms with Gasteiger partial charge in [-0.25, -0.2) is 0 Å². The molecule has 0 bridgehead atoms. The van der Waals surface area contributed by atoms with E-state index in [1.807, 2.05) is 11.3 Å². The van der Waals surface area contributed by atoms with E-state index in [9.17, 15) is 4.79 Å². The number of rotatable bonds is 6. The fourth-order valence-electron chi connectivity index (χ4n) is 2.76. The van der Waals surface area contributed by atoms with Gasteiger partial charge in [-0.3, -0.25) is 4.79 Å². The molecule has 0 spiro atoms. The van der Waals surface area contributed by atoms with Crippen molar-refractivity contribution in [3.05, 3.63) is 21.9 Å². The Bertz CT molecular complexity index is 424. The van der Waals surface area contributed by atoms with Crippen LogP contribution in [-0.2, 0) is 11.2 Å². The van der Waals surface area contributed by atoms with Gasteiger partial charge in [0.25, 0.3) is 0 Å². The van der Waals surface area contributed by atoms with Crippen molar-refractivity contribution < 1.29 is 4.79 Å². The van der Waals surface area contributed by atoms with Crippen LogP contribution in [0.25, 0.3) is 0 Å². The molecular weight excluding hydrogens is 268 g/mol. The van der Waals surface area contributed by atoms with Gasteiger partial charge in [-0.2, -0.15) is 0 Å². The molecule has 1 aliphatic rings. The summed E-state index contributed by atoms with van der Waals surface area (Å²) in [5.41, 5.74) is 0. The highest BCUT2D eigenvalue weighted by atomic mass is 32.1. The summed E-state index contributed by atoms with van der Waals surface area (Å²) in [5, 5.41) is 6.47. The number of carbonyl (C=O) groups is 1. The number of hydrogen-bond acceptors (Lipinski definition) is 3. The summed E-state index contributed by atoms with van der Waals surface area (Å²) >= 11 is 1.84. The first-order chi connectivity index (χ1) is 9.63. The maximum absolute atomic E-state index is 11.9. The van der Waals surface area contributed by atoms with Crippen molar-refractivity contribution in [1.29, 1.82) is 0 Å². The van der Waals surface area contributed by atoms with Crippen LogP contribution in [0.15, 0.2) is 12.1 Å². The summed E-state index contributed by atoms with van der Waals surface area (Å²) in [6.07, 6.45) is 7.13. The Kier molecular flexibility index (Phi) is 6.05. The molecule has 1 fully saturated rings. The van der Waals surface area contributed by atoms with Crippen LogP contribution in [-0.4, -0.2) is 24.5 Å². The lowest BCUT2D eigenvalue weighted by molar-refractivity contribution is -0.121. The number of aryl methyl sites for hydroxylation is 1. The number of hydrogen-bond donors (Lipinski definition) is 2. The molecule has 1 unspecified atom stereocenters.